The summed E-state index contributed by atoms with van der Waals surface area (Å²) in [4.78, 5) is 0. The average molecular weight is 250 g/mol. The maximum Gasteiger partial charge on any atom is 0.163 e. The molecule has 0 fully saturated rings. The van der Waals surface area contributed by atoms with Gasteiger partial charge >= 0.3 is 0 Å². The van der Waals surface area contributed by atoms with Gasteiger partial charge in [-0.25, -0.2) is 0 Å². The van der Waals surface area contributed by atoms with Gasteiger partial charge in [-0.05, 0) is 11.8 Å². The van der Waals surface area contributed by atoms with Gasteiger partial charge in [0.25, 0.3) is 0 Å². The third-order valence-electron chi connectivity index (χ3n) is 2.90. The fraction of sp³-hybridized carbons (Fsp3) is 0.571. The van der Waals surface area contributed by atoms with Crippen LogP contribution < -0.4 is 20.5 Å². The van der Waals surface area contributed by atoms with Gasteiger partial charge in [0.2, 0.25) is 0 Å². The van der Waals surface area contributed by atoms with Crippen LogP contribution in [0.25, 0.3) is 0 Å². The van der Waals surface area contributed by atoms with E-state index in [4.69, 9.17) is 15.2 Å². The van der Waals surface area contributed by atoms with Crippen LogP contribution in [0.15, 0.2) is 12.1 Å². The Morgan fingerprint density at radius 3 is 2.39 bits per heavy atom. The molecule has 1 aromatic rings. The van der Waals surface area contributed by atoms with Gasteiger partial charge in [0.1, 0.15) is 13.2 Å². The Bertz CT molecular complexity index is 425. The van der Waals surface area contributed by atoms with E-state index in [2.05, 4.69) is 26.1 Å². The third-order valence-corrected chi connectivity index (χ3v) is 2.90. The molecule has 18 heavy (non-hydrogen) atoms. The minimum atomic E-state index is 0.315. The van der Waals surface area contributed by atoms with Crippen LogP contribution >= 0.6 is 0 Å². The molecule has 0 bridgehead atoms. The molecular weight excluding hydrogens is 228 g/mol. The molecule has 100 valence electrons. The Kier molecular flexibility index (Phi) is 3.55. The number of ether oxygens (including phenoxy) is 2. The average Bonchev–Trinajstić information content (AvgIpc) is 2.28. The summed E-state index contributed by atoms with van der Waals surface area (Å²) in [6, 6.07) is 3.75. The number of hydrogen-bond donors (Lipinski definition) is 2. The number of anilines is 2. The van der Waals surface area contributed by atoms with Gasteiger partial charge in [0.05, 0.1) is 11.4 Å². The van der Waals surface area contributed by atoms with Crippen molar-refractivity contribution in [2.24, 2.45) is 5.41 Å². The van der Waals surface area contributed by atoms with Crippen molar-refractivity contribution in [3.05, 3.63) is 12.1 Å². The van der Waals surface area contributed by atoms with Crippen molar-refractivity contribution in [2.45, 2.75) is 27.2 Å². The molecule has 0 spiro atoms. The molecule has 0 aromatic heterocycles. The van der Waals surface area contributed by atoms with E-state index >= 15 is 0 Å². The second kappa shape index (κ2) is 4.96. The summed E-state index contributed by atoms with van der Waals surface area (Å²) in [7, 11) is 0. The molecule has 0 unspecified atom stereocenters. The highest BCUT2D eigenvalue weighted by Gasteiger charge is 2.15. The summed E-state index contributed by atoms with van der Waals surface area (Å²) >= 11 is 0. The summed E-state index contributed by atoms with van der Waals surface area (Å²) in [5.74, 6) is 1.51. The van der Waals surface area contributed by atoms with Crippen molar-refractivity contribution in [1.82, 2.24) is 0 Å². The molecule has 1 heterocycles. The zero-order valence-corrected chi connectivity index (χ0v) is 11.4. The van der Waals surface area contributed by atoms with Gasteiger partial charge in [0.15, 0.2) is 11.5 Å². The van der Waals surface area contributed by atoms with E-state index in [0.717, 1.165) is 30.2 Å². The van der Waals surface area contributed by atoms with E-state index in [9.17, 15) is 0 Å². The number of hydrogen-bond acceptors (Lipinski definition) is 4. The van der Waals surface area contributed by atoms with Crippen LogP contribution in [0.1, 0.15) is 27.2 Å². The monoisotopic (exact) mass is 250 g/mol. The van der Waals surface area contributed by atoms with Gasteiger partial charge < -0.3 is 20.5 Å². The molecule has 0 amide bonds. The molecule has 3 N–H and O–H groups in total. The van der Waals surface area contributed by atoms with E-state index in [1.54, 1.807) is 0 Å². The molecule has 0 saturated heterocycles. The maximum absolute atomic E-state index is 6.00. The Morgan fingerprint density at radius 2 is 1.78 bits per heavy atom. The fourth-order valence-corrected chi connectivity index (χ4v) is 1.83. The number of rotatable bonds is 3. The molecule has 2 rings (SSSR count). The molecule has 0 aliphatic carbocycles. The van der Waals surface area contributed by atoms with Crippen LogP contribution in [0.2, 0.25) is 0 Å². The van der Waals surface area contributed by atoms with Crippen molar-refractivity contribution in [1.29, 1.82) is 0 Å². The summed E-state index contributed by atoms with van der Waals surface area (Å²) in [5, 5.41) is 3.36. The van der Waals surface area contributed by atoms with E-state index in [1.165, 1.54) is 0 Å². The lowest BCUT2D eigenvalue weighted by molar-refractivity contribution is 0.172. The maximum atomic E-state index is 6.00. The van der Waals surface area contributed by atoms with Gasteiger partial charge in [-0.3, -0.25) is 0 Å². The Balaban J connectivity index is 2.04. The van der Waals surface area contributed by atoms with E-state index < -0.39 is 0 Å². The number of benzene rings is 1. The van der Waals surface area contributed by atoms with Crippen LogP contribution in [-0.2, 0) is 0 Å². The smallest absolute Gasteiger partial charge is 0.163 e. The number of nitrogens with one attached hydrogen (secondary N) is 1. The Labute approximate surface area is 108 Å². The lowest BCUT2D eigenvalue weighted by Gasteiger charge is -2.22. The van der Waals surface area contributed by atoms with Crippen LogP contribution in [0.5, 0.6) is 11.5 Å². The Morgan fingerprint density at radius 1 is 1.17 bits per heavy atom. The van der Waals surface area contributed by atoms with Crippen LogP contribution in [0.3, 0.4) is 0 Å². The summed E-state index contributed by atoms with van der Waals surface area (Å²) in [5.41, 5.74) is 7.93. The first-order chi connectivity index (χ1) is 8.46. The van der Waals surface area contributed by atoms with Crippen LogP contribution in [0.4, 0.5) is 11.4 Å². The topological polar surface area (TPSA) is 56.5 Å². The highest BCUT2D eigenvalue weighted by atomic mass is 16.6. The minimum absolute atomic E-state index is 0.315. The molecule has 0 saturated carbocycles. The third kappa shape index (κ3) is 3.22. The molecule has 0 radical (unpaired) electrons. The van der Waals surface area contributed by atoms with Gasteiger partial charge in [-0.2, -0.15) is 0 Å². The quantitative estimate of drug-likeness (QED) is 0.810. The van der Waals surface area contributed by atoms with Crippen LogP contribution in [-0.4, -0.2) is 19.8 Å². The van der Waals surface area contributed by atoms with Crippen LogP contribution in [0, 0.1) is 5.41 Å². The number of fused-ring (bicyclic) bond motifs is 1. The van der Waals surface area contributed by atoms with E-state index in [0.29, 0.717) is 24.3 Å². The second-order valence-electron chi connectivity index (χ2n) is 5.82. The molecule has 1 aromatic carbocycles. The predicted molar refractivity (Wildman–Crippen MR) is 74.4 cm³/mol. The summed E-state index contributed by atoms with van der Waals surface area (Å²) in [6.45, 7) is 8.75. The predicted octanol–water partition coefficient (Wildman–Crippen LogP) is 2.89. The van der Waals surface area contributed by atoms with Gasteiger partial charge in [-0.15, -0.1) is 0 Å². The van der Waals surface area contributed by atoms with Gasteiger partial charge in [-0.1, -0.05) is 20.8 Å². The summed E-state index contributed by atoms with van der Waals surface area (Å²) < 4.78 is 11.0. The molecule has 1 aliphatic heterocycles. The zero-order chi connectivity index (χ0) is 13.2. The standard InChI is InChI=1S/C14H22N2O2/c1-14(2,3)4-5-16-11-9-13-12(8-10(11)15)17-6-7-18-13/h8-9,16H,4-7,15H2,1-3H3. The van der Waals surface area contributed by atoms with Crippen molar-refractivity contribution in [2.75, 3.05) is 30.8 Å². The fourth-order valence-electron chi connectivity index (χ4n) is 1.83. The zero-order valence-electron chi connectivity index (χ0n) is 11.4. The molecule has 4 nitrogen and oxygen atoms in total. The van der Waals surface area contributed by atoms with E-state index in [1.807, 2.05) is 12.1 Å². The molecule has 4 heteroatoms. The van der Waals surface area contributed by atoms with Gasteiger partial charge in [0, 0.05) is 18.7 Å². The Hall–Kier alpha value is -1.58. The first kappa shape index (κ1) is 12.9. The van der Waals surface area contributed by atoms with Crippen molar-refractivity contribution in [3.8, 4) is 11.5 Å². The highest BCUT2D eigenvalue weighted by Crippen LogP contribution is 2.37. The highest BCUT2D eigenvalue weighted by molar-refractivity contribution is 5.72. The van der Waals surface area contributed by atoms with Crippen molar-refractivity contribution < 1.29 is 9.47 Å². The minimum Gasteiger partial charge on any atom is -0.486 e. The van der Waals surface area contributed by atoms with E-state index in [-0.39, 0.29) is 0 Å². The lowest BCUT2D eigenvalue weighted by Crippen LogP contribution is -2.17. The number of nitrogens with two attached hydrogens (primary N) is 1. The molecule has 1 aliphatic rings. The normalized spacial score (nSPS) is 14.4. The first-order valence-corrected chi connectivity index (χ1v) is 6.39. The first-order valence-electron chi connectivity index (χ1n) is 6.39. The molecular formula is C14H22N2O2. The SMILES string of the molecule is CC(C)(C)CCNc1cc2c(cc1N)OCCO2. The lowest BCUT2D eigenvalue weighted by atomic mass is 9.92. The largest absolute Gasteiger partial charge is 0.486 e. The number of nitrogen functional groups attached to an aromatic ring is 1. The summed E-state index contributed by atoms with van der Waals surface area (Å²) in [6.07, 6.45) is 1.08. The van der Waals surface area contributed by atoms with Crippen molar-refractivity contribution >= 4 is 11.4 Å². The van der Waals surface area contributed by atoms with Crippen molar-refractivity contribution in [3.63, 3.8) is 0 Å². The second-order valence-corrected chi connectivity index (χ2v) is 5.82. The molecule has 0 atom stereocenters.